The van der Waals surface area contributed by atoms with Crippen molar-refractivity contribution in [1.29, 1.82) is 0 Å². The Kier molecular flexibility index (Phi) is 5.17. The van der Waals surface area contributed by atoms with E-state index in [0.717, 1.165) is 19.1 Å². The molecule has 1 aliphatic heterocycles. The third-order valence-electron chi connectivity index (χ3n) is 3.54. The third kappa shape index (κ3) is 4.72. The lowest BCUT2D eigenvalue weighted by Crippen LogP contribution is -2.28. The lowest BCUT2D eigenvalue weighted by molar-refractivity contribution is -0.148. The summed E-state index contributed by atoms with van der Waals surface area (Å²) in [6, 6.07) is 6.86. The lowest BCUT2D eigenvalue weighted by Gasteiger charge is -2.14. The van der Waals surface area contributed by atoms with Crippen molar-refractivity contribution in [2.45, 2.75) is 18.9 Å². The molecule has 0 bridgehead atoms. The van der Waals surface area contributed by atoms with Crippen LogP contribution < -0.4 is 10.6 Å². The molecule has 0 spiro atoms. The number of hydrogen-bond donors (Lipinski definition) is 2. The van der Waals surface area contributed by atoms with E-state index in [9.17, 15) is 14.4 Å². The SMILES string of the molecule is O=C(COC(=O)C1=COCCO1)Nc1ccccc1C(=O)NC1CC1. The molecule has 132 valence electrons. The maximum absolute atomic E-state index is 12.2. The number of anilines is 1. The number of para-hydroxylation sites is 1. The predicted octanol–water partition coefficient (Wildman–Crippen LogP) is 0.949. The molecule has 1 fully saturated rings. The first-order valence-corrected chi connectivity index (χ1v) is 7.95. The van der Waals surface area contributed by atoms with Crippen molar-refractivity contribution in [2.24, 2.45) is 0 Å². The molecule has 0 atom stereocenters. The highest BCUT2D eigenvalue weighted by molar-refractivity contribution is 6.04. The summed E-state index contributed by atoms with van der Waals surface area (Å²) in [5.41, 5.74) is 0.721. The zero-order valence-corrected chi connectivity index (χ0v) is 13.4. The Bertz CT molecular complexity index is 711. The second-order valence-electron chi connectivity index (χ2n) is 5.62. The molecule has 2 amide bonds. The van der Waals surface area contributed by atoms with Gasteiger partial charge >= 0.3 is 5.97 Å². The monoisotopic (exact) mass is 346 g/mol. The van der Waals surface area contributed by atoms with Gasteiger partial charge in [-0.15, -0.1) is 0 Å². The zero-order chi connectivity index (χ0) is 17.6. The van der Waals surface area contributed by atoms with E-state index < -0.39 is 18.5 Å². The summed E-state index contributed by atoms with van der Waals surface area (Å²) in [6.07, 6.45) is 3.09. The molecule has 0 radical (unpaired) electrons. The van der Waals surface area contributed by atoms with Crippen molar-refractivity contribution in [3.05, 3.63) is 41.9 Å². The van der Waals surface area contributed by atoms with Gasteiger partial charge in [0.05, 0.1) is 11.3 Å². The van der Waals surface area contributed by atoms with E-state index in [-0.39, 0.29) is 24.3 Å². The highest BCUT2D eigenvalue weighted by atomic mass is 16.6. The van der Waals surface area contributed by atoms with Crippen molar-refractivity contribution in [3.63, 3.8) is 0 Å². The topological polar surface area (TPSA) is 103 Å². The van der Waals surface area contributed by atoms with Crippen LogP contribution in [0.3, 0.4) is 0 Å². The molecule has 0 saturated heterocycles. The van der Waals surface area contributed by atoms with Crippen LogP contribution in [0.15, 0.2) is 36.3 Å². The van der Waals surface area contributed by atoms with Crippen LogP contribution in [0.5, 0.6) is 0 Å². The van der Waals surface area contributed by atoms with Crippen LogP contribution in [0.2, 0.25) is 0 Å². The average Bonchev–Trinajstić information content (AvgIpc) is 3.45. The van der Waals surface area contributed by atoms with E-state index in [1.807, 2.05) is 0 Å². The van der Waals surface area contributed by atoms with Crippen LogP contribution in [0.25, 0.3) is 0 Å². The van der Waals surface area contributed by atoms with Crippen molar-refractivity contribution < 1.29 is 28.6 Å². The van der Waals surface area contributed by atoms with E-state index in [1.165, 1.54) is 0 Å². The molecule has 1 aliphatic carbocycles. The standard InChI is InChI=1S/C17H18N2O6/c20-15(10-25-17(22)14-9-23-7-8-24-14)19-13-4-2-1-3-12(13)16(21)18-11-5-6-11/h1-4,9,11H,5-8,10H2,(H,18,21)(H,19,20). The van der Waals surface area contributed by atoms with Gasteiger partial charge in [0.25, 0.3) is 11.8 Å². The van der Waals surface area contributed by atoms with E-state index in [1.54, 1.807) is 24.3 Å². The van der Waals surface area contributed by atoms with Gasteiger partial charge in [-0.05, 0) is 25.0 Å². The minimum atomic E-state index is -0.783. The summed E-state index contributed by atoms with van der Waals surface area (Å²) in [4.78, 5) is 35.9. The van der Waals surface area contributed by atoms with E-state index >= 15 is 0 Å². The fourth-order valence-corrected chi connectivity index (χ4v) is 2.14. The van der Waals surface area contributed by atoms with E-state index in [0.29, 0.717) is 17.9 Å². The van der Waals surface area contributed by atoms with Crippen molar-refractivity contribution >= 4 is 23.5 Å². The Balaban J connectivity index is 1.54. The number of amides is 2. The Morgan fingerprint density at radius 2 is 1.96 bits per heavy atom. The van der Waals surface area contributed by atoms with Crippen LogP contribution in [0.4, 0.5) is 5.69 Å². The van der Waals surface area contributed by atoms with Gasteiger partial charge in [-0.2, -0.15) is 0 Å². The first-order valence-electron chi connectivity index (χ1n) is 7.95. The number of benzene rings is 1. The minimum Gasteiger partial charge on any atom is -0.493 e. The van der Waals surface area contributed by atoms with Gasteiger partial charge in [-0.3, -0.25) is 9.59 Å². The molecule has 3 rings (SSSR count). The fraction of sp³-hybridized carbons (Fsp3) is 0.353. The highest BCUT2D eigenvalue weighted by Gasteiger charge is 2.25. The van der Waals surface area contributed by atoms with Gasteiger partial charge < -0.3 is 24.8 Å². The molecule has 8 heteroatoms. The Morgan fingerprint density at radius 3 is 2.68 bits per heavy atom. The van der Waals surface area contributed by atoms with Crippen LogP contribution in [-0.4, -0.2) is 43.6 Å². The van der Waals surface area contributed by atoms with Crippen molar-refractivity contribution in [3.8, 4) is 0 Å². The first kappa shape index (κ1) is 16.8. The molecule has 1 saturated carbocycles. The summed E-state index contributed by atoms with van der Waals surface area (Å²) in [6.45, 7) is 0.103. The molecule has 2 aliphatic rings. The highest BCUT2D eigenvalue weighted by Crippen LogP contribution is 2.21. The van der Waals surface area contributed by atoms with Gasteiger partial charge in [-0.25, -0.2) is 4.79 Å². The summed E-state index contributed by atoms with van der Waals surface area (Å²) in [5, 5.41) is 5.44. The average molecular weight is 346 g/mol. The summed E-state index contributed by atoms with van der Waals surface area (Å²) in [7, 11) is 0. The Hall–Kier alpha value is -3.03. The third-order valence-corrected chi connectivity index (χ3v) is 3.54. The zero-order valence-electron chi connectivity index (χ0n) is 13.4. The molecule has 1 heterocycles. The van der Waals surface area contributed by atoms with Gasteiger partial charge in [-0.1, -0.05) is 12.1 Å². The first-order chi connectivity index (χ1) is 12.1. The maximum atomic E-state index is 12.2. The van der Waals surface area contributed by atoms with Gasteiger partial charge in [0.1, 0.15) is 19.5 Å². The number of hydrogen-bond acceptors (Lipinski definition) is 6. The number of carbonyl (C=O) groups excluding carboxylic acids is 3. The molecule has 0 unspecified atom stereocenters. The molecule has 25 heavy (non-hydrogen) atoms. The smallest absolute Gasteiger partial charge is 0.377 e. The van der Waals surface area contributed by atoms with Gasteiger partial charge in [0, 0.05) is 6.04 Å². The summed E-state index contributed by atoms with van der Waals surface area (Å²) in [5.74, 6) is -1.66. The van der Waals surface area contributed by atoms with E-state index in [4.69, 9.17) is 14.2 Å². The molecule has 2 N–H and O–H groups in total. The molecular formula is C17H18N2O6. The molecule has 8 nitrogen and oxygen atoms in total. The normalized spacial score (nSPS) is 15.9. The van der Waals surface area contributed by atoms with Crippen LogP contribution >= 0.6 is 0 Å². The summed E-state index contributed by atoms with van der Waals surface area (Å²) < 4.78 is 14.9. The fourth-order valence-electron chi connectivity index (χ4n) is 2.14. The van der Waals surface area contributed by atoms with Gasteiger partial charge in [0.2, 0.25) is 5.76 Å². The second kappa shape index (κ2) is 7.69. The molecular weight excluding hydrogens is 328 g/mol. The molecule has 1 aromatic carbocycles. The Morgan fingerprint density at radius 1 is 1.16 bits per heavy atom. The molecule has 1 aromatic rings. The number of ether oxygens (including phenoxy) is 3. The minimum absolute atomic E-state index is 0.0803. The maximum Gasteiger partial charge on any atom is 0.377 e. The largest absolute Gasteiger partial charge is 0.493 e. The molecule has 0 aromatic heterocycles. The van der Waals surface area contributed by atoms with Crippen LogP contribution in [0, 0.1) is 0 Å². The van der Waals surface area contributed by atoms with Crippen molar-refractivity contribution in [2.75, 3.05) is 25.1 Å². The predicted molar refractivity (Wildman–Crippen MR) is 86.5 cm³/mol. The quantitative estimate of drug-likeness (QED) is 0.744. The number of carbonyl (C=O) groups is 3. The Labute approximate surface area is 144 Å². The van der Waals surface area contributed by atoms with E-state index in [2.05, 4.69) is 10.6 Å². The summed E-state index contributed by atoms with van der Waals surface area (Å²) >= 11 is 0. The second-order valence-corrected chi connectivity index (χ2v) is 5.62. The van der Waals surface area contributed by atoms with Crippen LogP contribution in [-0.2, 0) is 23.8 Å². The van der Waals surface area contributed by atoms with Crippen LogP contribution in [0.1, 0.15) is 23.2 Å². The van der Waals surface area contributed by atoms with Crippen molar-refractivity contribution in [1.82, 2.24) is 5.32 Å². The number of rotatable bonds is 6. The van der Waals surface area contributed by atoms with Gasteiger partial charge in [0.15, 0.2) is 6.61 Å². The number of nitrogens with one attached hydrogen (secondary N) is 2. The number of esters is 1. The lowest BCUT2D eigenvalue weighted by atomic mass is 10.1.